The molecule has 3 heteroatoms. The number of benzene rings is 1. The molecular weight excluding hydrogens is 229 g/mol. The molecule has 0 aromatic heterocycles. The van der Waals surface area contributed by atoms with Crippen molar-refractivity contribution in [1.82, 2.24) is 0 Å². The highest BCUT2D eigenvalue weighted by Gasteiger charge is 2.06. The smallest absolute Gasteiger partial charge is 0.0823 e. The van der Waals surface area contributed by atoms with E-state index in [-0.39, 0.29) is 0 Å². The third-order valence-corrected chi connectivity index (χ3v) is 3.16. The van der Waals surface area contributed by atoms with E-state index in [1.807, 2.05) is 12.1 Å². The van der Waals surface area contributed by atoms with Crippen LogP contribution in [0.25, 0.3) is 0 Å². The highest BCUT2D eigenvalue weighted by molar-refractivity contribution is 6.43. The summed E-state index contributed by atoms with van der Waals surface area (Å²) < 4.78 is 0. The van der Waals surface area contributed by atoms with Gasteiger partial charge in [-0.25, -0.2) is 0 Å². The number of nitrogens with one attached hydrogen (secondary N) is 1. The molecule has 0 bridgehead atoms. The van der Waals surface area contributed by atoms with Crippen LogP contribution >= 0.6 is 23.2 Å². The highest BCUT2D eigenvalue weighted by Crippen LogP contribution is 2.30. The molecule has 0 aliphatic rings. The standard InChI is InChI=1S/C12H17Cl2N/c1-3-4-6-9(2)15-11-8-5-7-10(13)12(11)14/h5,7-9,15H,3-4,6H2,1-2H3. The second kappa shape index (κ2) is 6.24. The first kappa shape index (κ1) is 12.7. The Kier molecular flexibility index (Phi) is 5.27. The Morgan fingerprint density at radius 2 is 2.07 bits per heavy atom. The van der Waals surface area contributed by atoms with Gasteiger partial charge in [0.1, 0.15) is 0 Å². The number of halogens is 2. The SMILES string of the molecule is CCCCC(C)Nc1cccc(Cl)c1Cl. The molecule has 15 heavy (non-hydrogen) atoms. The van der Waals surface area contributed by atoms with E-state index in [4.69, 9.17) is 23.2 Å². The van der Waals surface area contributed by atoms with Crippen LogP contribution in [0.1, 0.15) is 33.1 Å². The van der Waals surface area contributed by atoms with Crippen LogP contribution in [0.2, 0.25) is 10.0 Å². The fraction of sp³-hybridized carbons (Fsp3) is 0.500. The van der Waals surface area contributed by atoms with E-state index in [0.717, 1.165) is 12.1 Å². The Morgan fingerprint density at radius 1 is 1.33 bits per heavy atom. The maximum atomic E-state index is 6.08. The van der Waals surface area contributed by atoms with Crippen molar-refractivity contribution in [2.45, 2.75) is 39.2 Å². The molecular formula is C12H17Cl2N. The van der Waals surface area contributed by atoms with Crippen LogP contribution in [-0.4, -0.2) is 6.04 Å². The molecule has 0 saturated heterocycles. The van der Waals surface area contributed by atoms with Gasteiger partial charge in [0.05, 0.1) is 15.7 Å². The Labute approximate surface area is 102 Å². The van der Waals surface area contributed by atoms with E-state index < -0.39 is 0 Å². The van der Waals surface area contributed by atoms with E-state index in [9.17, 15) is 0 Å². The van der Waals surface area contributed by atoms with Crippen molar-refractivity contribution >= 4 is 28.9 Å². The van der Waals surface area contributed by atoms with Crippen molar-refractivity contribution in [3.8, 4) is 0 Å². The third-order valence-electron chi connectivity index (χ3n) is 2.34. The first-order valence-corrected chi connectivity index (χ1v) is 6.11. The molecule has 1 aromatic carbocycles. The van der Waals surface area contributed by atoms with Crippen LogP contribution in [0, 0.1) is 0 Å². The second-order valence-electron chi connectivity index (χ2n) is 3.79. The lowest BCUT2D eigenvalue weighted by atomic mass is 10.1. The highest BCUT2D eigenvalue weighted by atomic mass is 35.5. The Bertz CT molecular complexity index is 312. The van der Waals surface area contributed by atoms with Crippen molar-refractivity contribution in [2.75, 3.05) is 5.32 Å². The molecule has 0 spiro atoms. The first-order valence-electron chi connectivity index (χ1n) is 5.35. The van der Waals surface area contributed by atoms with E-state index in [2.05, 4.69) is 19.2 Å². The topological polar surface area (TPSA) is 12.0 Å². The van der Waals surface area contributed by atoms with Crippen LogP contribution < -0.4 is 5.32 Å². The molecule has 1 aromatic rings. The first-order chi connectivity index (χ1) is 7.15. The normalized spacial score (nSPS) is 12.5. The molecule has 1 unspecified atom stereocenters. The fourth-order valence-electron chi connectivity index (χ4n) is 1.46. The summed E-state index contributed by atoms with van der Waals surface area (Å²) in [6.45, 7) is 4.35. The zero-order chi connectivity index (χ0) is 11.3. The molecule has 1 nitrogen and oxygen atoms in total. The van der Waals surface area contributed by atoms with Gasteiger partial charge < -0.3 is 5.32 Å². The van der Waals surface area contributed by atoms with Gasteiger partial charge >= 0.3 is 0 Å². The minimum Gasteiger partial charge on any atom is -0.381 e. The summed E-state index contributed by atoms with van der Waals surface area (Å²) >= 11 is 12.0. The Morgan fingerprint density at radius 3 is 2.73 bits per heavy atom. The van der Waals surface area contributed by atoms with Crippen LogP contribution in [0.5, 0.6) is 0 Å². The van der Waals surface area contributed by atoms with Gasteiger partial charge in [-0.1, -0.05) is 49.0 Å². The molecule has 0 amide bonds. The van der Waals surface area contributed by atoms with Crippen molar-refractivity contribution in [2.24, 2.45) is 0 Å². The van der Waals surface area contributed by atoms with Crippen LogP contribution in [0.3, 0.4) is 0 Å². The maximum absolute atomic E-state index is 6.08. The third kappa shape index (κ3) is 3.92. The van der Waals surface area contributed by atoms with Crippen molar-refractivity contribution < 1.29 is 0 Å². The van der Waals surface area contributed by atoms with E-state index in [1.165, 1.54) is 12.8 Å². The quantitative estimate of drug-likeness (QED) is 0.772. The number of hydrogen-bond acceptors (Lipinski definition) is 1. The van der Waals surface area contributed by atoms with Crippen molar-refractivity contribution in [3.05, 3.63) is 28.2 Å². The molecule has 1 N–H and O–H groups in total. The number of unbranched alkanes of at least 4 members (excludes halogenated alkanes) is 1. The predicted octanol–water partition coefficient (Wildman–Crippen LogP) is 4.98. The summed E-state index contributed by atoms with van der Waals surface area (Å²) in [6, 6.07) is 6.09. The van der Waals surface area contributed by atoms with E-state index in [1.54, 1.807) is 6.07 Å². The number of anilines is 1. The van der Waals surface area contributed by atoms with Crippen molar-refractivity contribution in [3.63, 3.8) is 0 Å². The molecule has 84 valence electrons. The predicted molar refractivity (Wildman–Crippen MR) is 69.1 cm³/mol. The summed E-state index contributed by atoms with van der Waals surface area (Å²) in [6.07, 6.45) is 3.60. The zero-order valence-corrected chi connectivity index (χ0v) is 10.7. The molecule has 0 radical (unpaired) electrons. The van der Waals surface area contributed by atoms with Crippen LogP contribution in [-0.2, 0) is 0 Å². The van der Waals surface area contributed by atoms with Gasteiger partial charge in [-0.3, -0.25) is 0 Å². The minimum atomic E-state index is 0.431. The van der Waals surface area contributed by atoms with Gasteiger partial charge in [0.15, 0.2) is 0 Å². The lowest BCUT2D eigenvalue weighted by molar-refractivity contribution is 0.645. The molecule has 0 saturated carbocycles. The average molecular weight is 246 g/mol. The Hall–Kier alpha value is -0.400. The monoisotopic (exact) mass is 245 g/mol. The number of rotatable bonds is 5. The lowest BCUT2D eigenvalue weighted by Gasteiger charge is -2.16. The maximum Gasteiger partial charge on any atom is 0.0823 e. The Balaban J connectivity index is 2.60. The summed E-state index contributed by atoms with van der Waals surface area (Å²) in [5.74, 6) is 0. The second-order valence-corrected chi connectivity index (χ2v) is 4.57. The number of hydrogen-bond donors (Lipinski definition) is 1. The molecule has 1 atom stereocenters. The lowest BCUT2D eigenvalue weighted by Crippen LogP contribution is -2.14. The van der Waals surface area contributed by atoms with Gasteiger partial charge in [0, 0.05) is 6.04 Å². The van der Waals surface area contributed by atoms with Gasteiger partial charge in [-0.2, -0.15) is 0 Å². The molecule has 0 fully saturated rings. The largest absolute Gasteiger partial charge is 0.381 e. The van der Waals surface area contributed by atoms with Gasteiger partial charge in [-0.05, 0) is 25.5 Å². The minimum absolute atomic E-state index is 0.431. The molecule has 0 aliphatic heterocycles. The summed E-state index contributed by atoms with van der Waals surface area (Å²) in [5.41, 5.74) is 0.924. The van der Waals surface area contributed by atoms with E-state index >= 15 is 0 Å². The van der Waals surface area contributed by atoms with Gasteiger partial charge in [0.2, 0.25) is 0 Å². The average Bonchev–Trinajstić information content (AvgIpc) is 2.22. The summed E-state index contributed by atoms with van der Waals surface area (Å²) in [5, 5.41) is 4.58. The zero-order valence-electron chi connectivity index (χ0n) is 9.19. The molecule has 0 heterocycles. The van der Waals surface area contributed by atoms with Crippen molar-refractivity contribution in [1.29, 1.82) is 0 Å². The van der Waals surface area contributed by atoms with Crippen LogP contribution in [0.15, 0.2) is 18.2 Å². The van der Waals surface area contributed by atoms with Crippen LogP contribution in [0.4, 0.5) is 5.69 Å². The fourth-order valence-corrected chi connectivity index (χ4v) is 1.82. The summed E-state index contributed by atoms with van der Waals surface area (Å²) in [4.78, 5) is 0. The van der Waals surface area contributed by atoms with Gasteiger partial charge in [-0.15, -0.1) is 0 Å². The summed E-state index contributed by atoms with van der Waals surface area (Å²) in [7, 11) is 0. The van der Waals surface area contributed by atoms with E-state index in [0.29, 0.717) is 16.1 Å². The molecule has 0 aliphatic carbocycles. The molecule has 1 rings (SSSR count). The van der Waals surface area contributed by atoms with Gasteiger partial charge in [0.25, 0.3) is 0 Å².